The van der Waals surface area contributed by atoms with Crippen molar-refractivity contribution < 1.29 is 8.42 Å². The third-order valence-electron chi connectivity index (χ3n) is 6.89. The first kappa shape index (κ1) is 26.4. The fourth-order valence-corrected chi connectivity index (χ4v) is 5.87. The van der Waals surface area contributed by atoms with Gasteiger partial charge in [0.1, 0.15) is 0 Å². The van der Waals surface area contributed by atoms with Crippen LogP contribution in [0.3, 0.4) is 0 Å². The molecule has 2 aromatic carbocycles. The molecule has 1 aliphatic rings. The lowest BCUT2D eigenvalue weighted by molar-refractivity contribution is 0.269. The Balaban J connectivity index is 1.50. The summed E-state index contributed by atoms with van der Waals surface area (Å²) in [7, 11) is 0.296. The van der Waals surface area contributed by atoms with E-state index in [1.807, 2.05) is 26.1 Å². The Bertz CT molecular complexity index is 1280. The number of aromatic nitrogens is 2. The summed E-state index contributed by atoms with van der Waals surface area (Å²) in [6.07, 6.45) is 1.90. The van der Waals surface area contributed by atoms with Crippen LogP contribution in [-0.4, -0.2) is 61.2 Å². The van der Waals surface area contributed by atoms with E-state index in [1.54, 1.807) is 16.8 Å². The summed E-state index contributed by atoms with van der Waals surface area (Å²) < 4.78 is 31.0. The van der Waals surface area contributed by atoms with Crippen molar-refractivity contribution in [1.29, 1.82) is 0 Å². The van der Waals surface area contributed by atoms with Crippen LogP contribution in [0.1, 0.15) is 37.2 Å². The largest absolute Gasteiger partial charge is 0.305 e. The number of likely N-dealkylation sites (N-methyl/N-ethyl adjacent to an activating group) is 1. The predicted octanol–water partition coefficient (Wildman–Crippen LogP) is 4.53. The molecule has 1 aromatic heterocycles. The summed E-state index contributed by atoms with van der Waals surface area (Å²) in [6.45, 7) is 11.5. The Kier molecular flexibility index (Phi) is 8.17. The molecule has 0 saturated carbocycles. The molecule has 0 aliphatic carbocycles. The molecule has 0 atom stereocenters. The van der Waals surface area contributed by atoms with Crippen LogP contribution in [0.5, 0.6) is 0 Å². The van der Waals surface area contributed by atoms with Gasteiger partial charge >= 0.3 is 0 Å². The van der Waals surface area contributed by atoms with Crippen LogP contribution in [-0.2, 0) is 30.0 Å². The fourth-order valence-electron chi connectivity index (χ4n) is 4.72. The minimum absolute atomic E-state index is 0.245. The van der Waals surface area contributed by atoms with Crippen molar-refractivity contribution in [2.45, 2.75) is 45.1 Å². The highest BCUT2D eigenvalue weighted by Crippen LogP contribution is 2.27. The van der Waals surface area contributed by atoms with Crippen molar-refractivity contribution in [2.75, 3.05) is 37.9 Å². The molecule has 0 radical (unpaired) electrons. The molecule has 36 heavy (non-hydrogen) atoms. The number of anilines is 1. The van der Waals surface area contributed by atoms with Crippen molar-refractivity contribution in [3.05, 3.63) is 65.5 Å². The Morgan fingerprint density at radius 3 is 2.44 bits per heavy atom. The zero-order valence-electron chi connectivity index (χ0n) is 22.2. The van der Waals surface area contributed by atoms with Gasteiger partial charge in [-0.3, -0.25) is 14.3 Å². The van der Waals surface area contributed by atoms with Gasteiger partial charge in [-0.2, -0.15) is 5.10 Å². The number of hydrogen-bond donors (Lipinski definition) is 1. The molecule has 1 N–H and O–H groups in total. The maximum absolute atomic E-state index is 13.2. The Morgan fingerprint density at radius 2 is 1.72 bits per heavy atom. The summed E-state index contributed by atoms with van der Waals surface area (Å²) in [4.78, 5) is 5.15. The van der Waals surface area contributed by atoms with Gasteiger partial charge in [0.15, 0.2) is 0 Å². The summed E-state index contributed by atoms with van der Waals surface area (Å²) >= 11 is 0. The molecule has 0 unspecified atom stereocenters. The van der Waals surface area contributed by atoms with E-state index in [-0.39, 0.29) is 4.90 Å². The molecule has 0 bridgehead atoms. The molecule has 4 rings (SSSR count). The van der Waals surface area contributed by atoms with Crippen molar-refractivity contribution in [1.82, 2.24) is 19.6 Å². The van der Waals surface area contributed by atoms with E-state index in [0.29, 0.717) is 18.0 Å². The van der Waals surface area contributed by atoms with Crippen LogP contribution in [0, 0.1) is 12.8 Å². The first-order chi connectivity index (χ1) is 17.1. The van der Waals surface area contributed by atoms with Gasteiger partial charge in [0.25, 0.3) is 10.0 Å². The predicted molar refractivity (Wildman–Crippen MR) is 147 cm³/mol. The van der Waals surface area contributed by atoms with Crippen LogP contribution < -0.4 is 4.72 Å². The molecule has 3 aromatic rings. The average molecular weight is 510 g/mol. The van der Waals surface area contributed by atoms with Gasteiger partial charge in [0.2, 0.25) is 0 Å². The lowest BCUT2D eigenvalue weighted by Gasteiger charge is -2.20. The van der Waals surface area contributed by atoms with Gasteiger partial charge in [-0.05, 0) is 80.7 Å². The smallest absolute Gasteiger partial charge is 0.262 e. The second-order valence-corrected chi connectivity index (χ2v) is 12.1. The first-order valence-corrected chi connectivity index (χ1v) is 14.3. The monoisotopic (exact) mass is 509 g/mol. The SMILES string of the molecule is Cc1c(NS(=O)(=O)c2ccc(-c3cccc(CN4CCCN(C)CC4)c3)cc2)c(CC(C)C)nn1C. The lowest BCUT2D eigenvalue weighted by atomic mass is 10.0. The van der Waals surface area contributed by atoms with E-state index in [2.05, 4.69) is 64.8 Å². The van der Waals surface area contributed by atoms with Crippen LogP contribution in [0.2, 0.25) is 0 Å². The zero-order chi connectivity index (χ0) is 25.9. The summed E-state index contributed by atoms with van der Waals surface area (Å²) in [5.41, 5.74) is 5.54. The van der Waals surface area contributed by atoms with Gasteiger partial charge in [0.05, 0.1) is 22.0 Å². The fraction of sp³-hybridized carbons (Fsp3) is 0.464. The molecule has 1 saturated heterocycles. The van der Waals surface area contributed by atoms with E-state index in [1.165, 1.54) is 12.0 Å². The number of nitrogens with zero attached hydrogens (tertiary/aromatic N) is 4. The molecule has 8 heteroatoms. The first-order valence-electron chi connectivity index (χ1n) is 12.8. The summed E-state index contributed by atoms with van der Waals surface area (Å²) in [6, 6.07) is 15.7. The molecule has 1 fully saturated rings. The lowest BCUT2D eigenvalue weighted by Crippen LogP contribution is -2.28. The number of benzene rings is 2. The van der Waals surface area contributed by atoms with Crippen LogP contribution in [0.15, 0.2) is 53.4 Å². The average Bonchev–Trinajstić information content (AvgIpc) is 2.98. The molecule has 7 nitrogen and oxygen atoms in total. The van der Waals surface area contributed by atoms with Crippen molar-refractivity contribution in [3.8, 4) is 11.1 Å². The third-order valence-corrected chi connectivity index (χ3v) is 8.25. The van der Waals surface area contributed by atoms with E-state index >= 15 is 0 Å². The molecule has 194 valence electrons. The van der Waals surface area contributed by atoms with Gasteiger partial charge in [-0.25, -0.2) is 8.42 Å². The van der Waals surface area contributed by atoms with E-state index in [9.17, 15) is 8.42 Å². The summed E-state index contributed by atoms with van der Waals surface area (Å²) in [5, 5.41) is 4.52. The van der Waals surface area contributed by atoms with Gasteiger partial charge in [-0.1, -0.05) is 44.2 Å². The van der Waals surface area contributed by atoms with Crippen LogP contribution in [0.4, 0.5) is 5.69 Å². The molecule has 1 aliphatic heterocycles. The normalized spacial score (nSPS) is 15.8. The number of sulfonamides is 1. The number of nitrogens with one attached hydrogen (secondary N) is 1. The second kappa shape index (κ2) is 11.2. The van der Waals surface area contributed by atoms with E-state index in [0.717, 1.165) is 55.2 Å². The van der Waals surface area contributed by atoms with Gasteiger partial charge < -0.3 is 4.90 Å². The number of aryl methyl sites for hydroxylation is 1. The third kappa shape index (κ3) is 6.35. The van der Waals surface area contributed by atoms with Crippen LogP contribution >= 0.6 is 0 Å². The minimum atomic E-state index is -3.73. The molecule has 2 heterocycles. The molecule has 0 amide bonds. The number of rotatable bonds is 8. The quantitative estimate of drug-likeness (QED) is 0.483. The Hall–Kier alpha value is -2.68. The van der Waals surface area contributed by atoms with Gasteiger partial charge in [-0.15, -0.1) is 0 Å². The maximum atomic E-state index is 13.2. The minimum Gasteiger partial charge on any atom is -0.305 e. The molecular formula is C28H39N5O2S. The maximum Gasteiger partial charge on any atom is 0.262 e. The molecular weight excluding hydrogens is 470 g/mol. The van der Waals surface area contributed by atoms with E-state index in [4.69, 9.17) is 0 Å². The summed E-state index contributed by atoms with van der Waals surface area (Å²) in [5.74, 6) is 0.373. The topological polar surface area (TPSA) is 70.5 Å². The Labute approximate surface area is 216 Å². The zero-order valence-corrected chi connectivity index (χ0v) is 23.0. The van der Waals surface area contributed by atoms with Crippen LogP contribution in [0.25, 0.3) is 11.1 Å². The van der Waals surface area contributed by atoms with Crippen molar-refractivity contribution in [3.63, 3.8) is 0 Å². The second-order valence-electron chi connectivity index (χ2n) is 10.4. The standard InChI is InChI=1S/C28H39N5O2S/c1-21(2)18-27-28(22(3)32(5)29-27)30-36(34,35)26-12-10-24(11-13-26)25-9-6-8-23(19-25)20-33-15-7-14-31(4)16-17-33/h6,8-13,19,21,30H,7,14-18,20H2,1-5H3. The van der Waals surface area contributed by atoms with Crippen molar-refractivity contribution >= 4 is 15.7 Å². The van der Waals surface area contributed by atoms with Gasteiger partial charge in [0, 0.05) is 26.7 Å². The van der Waals surface area contributed by atoms with E-state index < -0.39 is 10.0 Å². The van der Waals surface area contributed by atoms with Crippen molar-refractivity contribution in [2.24, 2.45) is 13.0 Å². The number of hydrogen-bond acceptors (Lipinski definition) is 5. The Morgan fingerprint density at radius 1 is 0.972 bits per heavy atom. The molecule has 0 spiro atoms. The highest BCUT2D eigenvalue weighted by atomic mass is 32.2. The highest BCUT2D eigenvalue weighted by Gasteiger charge is 2.21. The highest BCUT2D eigenvalue weighted by molar-refractivity contribution is 7.92.